The first-order chi connectivity index (χ1) is 9.36. The molecule has 0 aliphatic heterocycles. The second-order valence-electron chi connectivity index (χ2n) is 4.43. The van der Waals surface area contributed by atoms with Gasteiger partial charge in [-0.2, -0.15) is 0 Å². The van der Waals surface area contributed by atoms with Gasteiger partial charge in [-0.1, -0.05) is 6.08 Å². The molecule has 2 unspecified atom stereocenters. The number of hydrogen-bond acceptors (Lipinski definition) is 6. The monoisotopic (exact) mass is 278 g/mol. The van der Waals surface area contributed by atoms with Crippen LogP contribution in [0.15, 0.2) is 42.2 Å². The number of carbonyl (C=O) groups excluding carboxylic acids is 1. The maximum atomic E-state index is 12.2. The first kappa shape index (κ1) is 14.1. The number of phenolic OH excluding ortho intramolecular Hbond substituents is 2. The number of aliphatic hydroxyl groups excluding tert-OH is 1. The van der Waals surface area contributed by atoms with Gasteiger partial charge >= 0.3 is 0 Å². The molecule has 0 saturated carbocycles. The van der Waals surface area contributed by atoms with Crippen molar-refractivity contribution in [2.75, 3.05) is 7.11 Å². The minimum absolute atomic E-state index is 0.0414. The second-order valence-corrected chi connectivity index (χ2v) is 4.43. The largest absolute Gasteiger partial charge is 0.511 e. The molecule has 0 saturated heterocycles. The fraction of sp³-hybridized carbons (Fsp3) is 0.214. The molecule has 1 aliphatic carbocycles. The number of ketones is 1. The topological polar surface area (TPSA) is 107 Å². The average Bonchev–Trinajstić information content (AvgIpc) is 2.38. The van der Waals surface area contributed by atoms with Gasteiger partial charge in [0.25, 0.3) is 0 Å². The Labute approximate surface area is 114 Å². The van der Waals surface area contributed by atoms with E-state index >= 15 is 0 Å². The van der Waals surface area contributed by atoms with E-state index in [1.165, 1.54) is 31.4 Å². The van der Waals surface area contributed by atoms with Crippen LogP contribution in [-0.2, 0) is 4.74 Å². The van der Waals surface area contributed by atoms with Crippen LogP contribution in [0.5, 0.6) is 11.5 Å². The third-order valence-electron chi connectivity index (χ3n) is 3.06. The SMILES string of the molecule is COC1(O)C=CC(C(=O)c2ccc(O)cc2O)C(O)=C1. The van der Waals surface area contributed by atoms with Crippen LogP contribution in [0.3, 0.4) is 0 Å². The molecule has 6 nitrogen and oxygen atoms in total. The maximum Gasteiger partial charge on any atom is 0.208 e. The molecule has 0 amide bonds. The zero-order chi connectivity index (χ0) is 14.9. The second kappa shape index (κ2) is 4.99. The fourth-order valence-electron chi connectivity index (χ4n) is 1.93. The highest BCUT2D eigenvalue weighted by atomic mass is 16.6. The minimum atomic E-state index is -1.75. The molecule has 6 heteroatoms. The smallest absolute Gasteiger partial charge is 0.208 e. The van der Waals surface area contributed by atoms with Crippen LogP contribution in [0, 0.1) is 5.92 Å². The maximum absolute atomic E-state index is 12.2. The van der Waals surface area contributed by atoms with E-state index in [1.54, 1.807) is 0 Å². The summed E-state index contributed by atoms with van der Waals surface area (Å²) in [4.78, 5) is 12.2. The molecule has 0 fully saturated rings. The fourth-order valence-corrected chi connectivity index (χ4v) is 1.93. The van der Waals surface area contributed by atoms with Crippen molar-refractivity contribution in [3.8, 4) is 11.5 Å². The molecule has 2 rings (SSSR count). The van der Waals surface area contributed by atoms with E-state index in [2.05, 4.69) is 0 Å². The molecular formula is C14H14O6. The summed E-state index contributed by atoms with van der Waals surface area (Å²) in [6.07, 6.45) is 3.52. The molecule has 1 aliphatic rings. The quantitative estimate of drug-likeness (QED) is 0.376. The molecule has 0 spiro atoms. The predicted molar refractivity (Wildman–Crippen MR) is 69.4 cm³/mol. The van der Waals surface area contributed by atoms with Crippen molar-refractivity contribution < 1.29 is 30.0 Å². The summed E-state index contributed by atoms with van der Waals surface area (Å²) in [5.74, 6) is -4.28. The van der Waals surface area contributed by atoms with E-state index in [1.807, 2.05) is 0 Å². The van der Waals surface area contributed by atoms with Crippen molar-refractivity contribution in [2.45, 2.75) is 5.79 Å². The zero-order valence-electron chi connectivity index (χ0n) is 10.6. The zero-order valence-corrected chi connectivity index (χ0v) is 10.6. The summed E-state index contributed by atoms with van der Waals surface area (Å²) in [5.41, 5.74) is -0.0414. The van der Waals surface area contributed by atoms with Crippen LogP contribution in [-0.4, -0.2) is 39.1 Å². The minimum Gasteiger partial charge on any atom is -0.511 e. The van der Waals surface area contributed by atoms with Crippen molar-refractivity contribution in [3.63, 3.8) is 0 Å². The number of carbonyl (C=O) groups is 1. The number of benzene rings is 1. The lowest BCUT2D eigenvalue weighted by Crippen LogP contribution is -2.31. The molecule has 2 atom stereocenters. The van der Waals surface area contributed by atoms with E-state index in [0.29, 0.717) is 0 Å². The molecule has 0 heterocycles. The Morgan fingerprint density at radius 3 is 2.55 bits per heavy atom. The van der Waals surface area contributed by atoms with E-state index in [4.69, 9.17) is 4.74 Å². The molecule has 0 aromatic heterocycles. The van der Waals surface area contributed by atoms with Gasteiger partial charge in [-0.15, -0.1) is 0 Å². The molecule has 0 radical (unpaired) electrons. The Morgan fingerprint density at radius 1 is 1.30 bits per heavy atom. The van der Waals surface area contributed by atoms with Crippen LogP contribution >= 0.6 is 0 Å². The lowest BCUT2D eigenvalue weighted by atomic mass is 9.90. The van der Waals surface area contributed by atoms with Crippen LogP contribution in [0.1, 0.15) is 10.4 Å². The summed E-state index contributed by atoms with van der Waals surface area (Å²) < 4.78 is 4.76. The van der Waals surface area contributed by atoms with E-state index in [-0.39, 0.29) is 22.8 Å². The Morgan fingerprint density at radius 2 is 2.00 bits per heavy atom. The molecule has 20 heavy (non-hydrogen) atoms. The lowest BCUT2D eigenvalue weighted by Gasteiger charge is -2.25. The lowest BCUT2D eigenvalue weighted by molar-refractivity contribution is -0.110. The summed E-state index contributed by atoms with van der Waals surface area (Å²) >= 11 is 0. The summed E-state index contributed by atoms with van der Waals surface area (Å²) in [6.45, 7) is 0. The number of aromatic hydroxyl groups is 2. The first-order valence-electron chi connectivity index (χ1n) is 5.81. The number of methoxy groups -OCH3 is 1. The first-order valence-corrected chi connectivity index (χ1v) is 5.81. The van der Waals surface area contributed by atoms with Crippen molar-refractivity contribution >= 4 is 5.78 Å². The van der Waals surface area contributed by atoms with E-state index in [0.717, 1.165) is 12.1 Å². The van der Waals surface area contributed by atoms with Gasteiger partial charge in [-0.3, -0.25) is 4.79 Å². The van der Waals surface area contributed by atoms with Gasteiger partial charge in [0.05, 0.1) is 11.5 Å². The third kappa shape index (κ3) is 2.52. The summed E-state index contributed by atoms with van der Waals surface area (Å²) in [6, 6.07) is 3.54. The normalized spacial score (nSPS) is 25.3. The highest BCUT2D eigenvalue weighted by Gasteiger charge is 2.32. The summed E-state index contributed by atoms with van der Waals surface area (Å²) in [7, 11) is 1.25. The molecule has 1 aromatic carbocycles. The standard InChI is InChI=1S/C14H14O6/c1-20-14(19)5-4-10(12(17)7-14)13(18)9-3-2-8(15)6-11(9)16/h2-7,10,15-17,19H,1H3. The van der Waals surface area contributed by atoms with Crippen molar-refractivity contribution in [3.05, 3.63) is 47.7 Å². The van der Waals surface area contributed by atoms with Gasteiger partial charge in [0.15, 0.2) is 5.78 Å². The van der Waals surface area contributed by atoms with Crippen LogP contribution in [0.4, 0.5) is 0 Å². The highest BCUT2D eigenvalue weighted by Crippen LogP contribution is 2.30. The van der Waals surface area contributed by atoms with Gasteiger partial charge in [0, 0.05) is 19.3 Å². The highest BCUT2D eigenvalue weighted by molar-refractivity contribution is 6.02. The number of hydrogen-bond donors (Lipinski definition) is 4. The van der Waals surface area contributed by atoms with Gasteiger partial charge in [0.2, 0.25) is 5.79 Å². The molecule has 106 valence electrons. The molecule has 4 N–H and O–H groups in total. The van der Waals surface area contributed by atoms with E-state index < -0.39 is 17.5 Å². The Kier molecular flexibility index (Phi) is 3.52. The third-order valence-corrected chi connectivity index (χ3v) is 3.06. The predicted octanol–water partition coefficient (Wildman–Crippen LogP) is 1.24. The average molecular weight is 278 g/mol. The van der Waals surface area contributed by atoms with Crippen molar-refractivity contribution in [1.82, 2.24) is 0 Å². The van der Waals surface area contributed by atoms with Gasteiger partial charge in [-0.05, 0) is 18.2 Å². The number of allylic oxidation sites excluding steroid dienone is 1. The molecular weight excluding hydrogens is 264 g/mol. The van der Waals surface area contributed by atoms with Crippen molar-refractivity contribution in [1.29, 1.82) is 0 Å². The Hall–Kier alpha value is -2.31. The Balaban J connectivity index is 2.32. The van der Waals surface area contributed by atoms with Crippen LogP contribution in [0.25, 0.3) is 0 Å². The van der Waals surface area contributed by atoms with E-state index in [9.17, 15) is 25.2 Å². The number of rotatable bonds is 3. The van der Waals surface area contributed by atoms with Gasteiger partial charge in [0.1, 0.15) is 17.3 Å². The number of Topliss-reactive ketones (excluding diaryl/α,β-unsaturated/α-hetero) is 1. The van der Waals surface area contributed by atoms with Gasteiger partial charge in [-0.25, -0.2) is 0 Å². The molecule has 1 aromatic rings. The van der Waals surface area contributed by atoms with Gasteiger partial charge < -0.3 is 25.2 Å². The number of phenols is 2. The van der Waals surface area contributed by atoms with Crippen LogP contribution in [0.2, 0.25) is 0 Å². The van der Waals surface area contributed by atoms with Crippen molar-refractivity contribution in [2.24, 2.45) is 5.92 Å². The number of ether oxygens (including phenoxy) is 1. The summed E-state index contributed by atoms with van der Waals surface area (Å²) in [5, 5.41) is 38.4. The van der Waals surface area contributed by atoms with Crippen LogP contribution < -0.4 is 0 Å². The molecule has 0 bridgehead atoms. The Bertz CT molecular complexity index is 604. The number of aliphatic hydroxyl groups is 2.